The number of nitrogens with one attached hydrogen (secondary N) is 2. The summed E-state index contributed by atoms with van der Waals surface area (Å²) < 4.78 is 20.2. The summed E-state index contributed by atoms with van der Waals surface area (Å²) in [5, 5.41) is 21.9. The van der Waals surface area contributed by atoms with Crippen LogP contribution < -0.4 is 10.9 Å². The molecule has 26 heavy (non-hydrogen) atoms. The highest BCUT2D eigenvalue weighted by molar-refractivity contribution is 5.91. The predicted octanol–water partition coefficient (Wildman–Crippen LogP) is -0.306. The number of aliphatic hydroxyl groups is 2. The third kappa shape index (κ3) is 2.97. The van der Waals surface area contributed by atoms with Crippen molar-refractivity contribution in [3.8, 4) is 0 Å². The first kappa shape index (κ1) is 18.4. The molecule has 0 aliphatic carbocycles. The number of imidazole rings is 1. The summed E-state index contributed by atoms with van der Waals surface area (Å²) in [6.45, 7) is 1.61. The molecule has 0 aromatic carbocycles. The summed E-state index contributed by atoms with van der Waals surface area (Å²) in [5.74, 6) is -0.702. The van der Waals surface area contributed by atoms with Crippen molar-refractivity contribution in [3.63, 3.8) is 0 Å². The number of anilines is 1. The van der Waals surface area contributed by atoms with Crippen molar-refractivity contribution in [3.05, 3.63) is 16.7 Å². The van der Waals surface area contributed by atoms with Crippen LogP contribution in [0.3, 0.4) is 0 Å². The number of rotatable bonds is 5. The fourth-order valence-corrected chi connectivity index (χ4v) is 2.74. The number of carbonyl (C=O) groups is 1. The summed E-state index contributed by atoms with van der Waals surface area (Å²) in [4.78, 5) is 34.6. The largest absolute Gasteiger partial charge is 0.393 e. The lowest BCUT2D eigenvalue weighted by molar-refractivity contribution is -0.136. The van der Waals surface area contributed by atoms with E-state index in [9.17, 15) is 24.2 Å². The normalized spacial score (nSPS) is 25.9. The summed E-state index contributed by atoms with van der Waals surface area (Å²) >= 11 is 0. The number of hydrogen-bond donors (Lipinski definition) is 4. The van der Waals surface area contributed by atoms with E-state index >= 15 is 0 Å². The lowest BCUT2D eigenvalue weighted by Crippen LogP contribution is -2.45. The van der Waals surface area contributed by atoms with E-state index in [1.54, 1.807) is 13.8 Å². The number of alkyl halides is 1. The van der Waals surface area contributed by atoms with Crippen LogP contribution in [0.4, 0.5) is 10.3 Å². The number of fused-ring (bicyclic) bond motifs is 1. The van der Waals surface area contributed by atoms with Gasteiger partial charge < -0.3 is 14.9 Å². The molecule has 3 atom stereocenters. The molecule has 1 saturated heterocycles. The van der Waals surface area contributed by atoms with Gasteiger partial charge in [-0.05, 0) is 0 Å². The van der Waals surface area contributed by atoms with E-state index in [1.807, 2.05) is 0 Å². The van der Waals surface area contributed by atoms with Crippen LogP contribution in [0, 0.1) is 5.92 Å². The second-order valence-electron chi connectivity index (χ2n) is 6.56. The van der Waals surface area contributed by atoms with Crippen molar-refractivity contribution in [2.24, 2.45) is 5.92 Å². The van der Waals surface area contributed by atoms with E-state index in [0.29, 0.717) is 0 Å². The molecule has 1 amide bonds. The Kier molecular flexibility index (Phi) is 4.78. The Hall–Kier alpha value is -2.37. The van der Waals surface area contributed by atoms with E-state index in [-0.39, 0.29) is 35.4 Å². The van der Waals surface area contributed by atoms with Crippen molar-refractivity contribution in [2.75, 3.05) is 18.6 Å². The Labute approximate surface area is 147 Å². The van der Waals surface area contributed by atoms with Crippen LogP contribution in [0.15, 0.2) is 11.1 Å². The zero-order chi connectivity index (χ0) is 19.1. The van der Waals surface area contributed by atoms with Crippen LogP contribution in [-0.4, -0.2) is 60.6 Å². The lowest BCUT2D eigenvalue weighted by Gasteiger charge is -2.26. The Morgan fingerprint density at radius 2 is 2.35 bits per heavy atom. The standard InChI is InChI=1S/C15H20FN5O5/c1-7(2)12(24)19-14-18-11-10(13(25)20-14)17-6-21(11)9-3-8(23)15(4-16,5-22)26-9/h6-9,22-23H,3-5H2,1-2H3,(H2,18,19,20,24,25)/t8-,9+,15+/m0/s1. The number of amides is 1. The van der Waals surface area contributed by atoms with Gasteiger partial charge in [-0.25, -0.2) is 9.37 Å². The Morgan fingerprint density at radius 3 is 2.92 bits per heavy atom. The van der Waals surface area contributed by atoms with Crippen molar-refractivity contribution < 1.29 is 24.1 Å². The summed E-state index contributed by atoms with van der Waals surface area (Å²) in [6, 6.07) is 0. The predicted molar refractivity (Wildman–Crippen MR) is 88.2 cm³/mol. The minimum atomic E-state index is -1.73. The van der Waals surface area contributed by atoms with Crippen molar-refractivity contribution in [1.82, 2.24) is 19.5 Å². The van der Waals surface area contributed by atoms with Gasteiger partial charge in [-0.2, -0.15) is 4.98 Å². The van der Waals surface area contributed by atoms with Crippen LogP contribution in [-0.2, 0) is 9.53 Å². The Balaban J connectivity index is 1.99. The van der Waals surface area contributed by atoms with Crippen molar-refractivity contribution in [1.29, 1.82) is 0 Å². The van der Waals surface area contributed by atoms with Gasteiger partial charge in [0.1, 0.15) is 18.5 Å². The summed E-state index contributed by atoms with van der Waals surface area (Å²) in [7, 11) is 0. The maximum atomic E-state index is 13.3. The van der Waals surface area contributed by atoms with E-state index in [0.717, 1.165) is 0 Å². The average Bonchev–Trinajstić information content (AvgIpc) is 3.16. The third-order valence-electron chi connectivity index (χ3n) is 4.41. The second-order valence-corrected chi connectivity index (χ2v) is 6.56. The molecule has 1 aliphatic heterocycles. The smallest absolute Gasteiger partial charge is 0.280 e. The van der Waals surface area contributed by atoms with Crippen LogP contribution in [0.2, 0.25) is 0 Å². The number of nitrogens with zero attached hydrogens (tertiary/aromatic N) is 3. The molecule has 142 valence electrons. The number of aromatic amines is 1. The SMILES string of the molecule is CC(C)C(=O)Nc1nc2c(ncn2[C@H]2C[C@H](O)[C@](CO)(CF)O2)c(=O)[nH]1. The minimum absolute atomic E-state index is 0.00684. The molecular weight excluding hydrogens is 349 g/mol. The van der Waals surface area contributed by atoms with E-state index in [2.05, 4.69) is 20.3 Å². The number of ether oxygens (including phenoxy) is 1. The topological polar surface area (TPSA) is 142 Å². The molecule has 1 fully saturated rings. The molecule has 11 heteroatoms. The fraction of sp³-hybridized carbons (Fsp3) is 0.600. The molecule has 3 heterocycles. The molecule has 0 bridgehead atoms. The van der Waals surface area contributed by atoms with Crippen LogP contribution in [0.1, 0.15) is 26.5 Å². The third-order valence-corrected chi connectivity index (χ3v) is 4.41. The molecule has 2 aromatic heterocycles. The monoisotopic (exact) mass is 369 g/mol. The molecule has 4 N–H and O–H groups in total. The lowest BCUT2D eigenvalue weighted by atomic mass is 10.00. The number of carbonyl (C=O) groups excluding carboxylic acids is 1. The van der Waals surface area contributed by atoms with Gasteiger partial charge in [-0.1, -0.05) is 13.8 Å². The van der Waals surface area contributed by atoms with Gasteiger partial charge in [0, 0.05) is 12.3 Å². The van der Waals surface area contributed by atoms with Gasteiger partial charge in [0.05, 0.1) is 19.0 Å². The zero-order valence-electron chi connectivity index (χ0n) is 14.3. The van der Waals surface area contributed by atoms with Crippen molar-refractivity contribution >= 4 is 23.0 Å². The van der Waals surface area contributed by atoms with Crippen molar-refractivity contribution in [2.45, 2.75) is 38.2 Å². The maximum Gasteiger partial charge on any atom is 0.280 e. The second kappa shape index (κ2) is 6.74. The van der Waals surface area contributed by atoms with Gasteiger partial charge in [0.2, 0.25) is 11.9 Å². The van der Waals surface area contributed by atoms with Gasteiger partial charge in [-0.3, -0.25) is 24.5 Å². The molecule has 1 aliphatic rings. The molecular formula is C15H20FN5O5. The zero-order valence-corrected chi connectivity index (χ0v) is 14.3. The fourth-order valence-electron chi connectivity index (χ4n) is 2.74. The van der Waals surface area contributed by atoms with Crippen LogP contribution >= 0.6 is 0 Å². The molecule has 0 spiro atoms. The number of hydrogen-bond acceptors (Lipinski definition) is 7. The van der Waals surface area contributed by atoms with Gasteiger partial charge in [0.25, 0.3) is 5.56 Å². The number of halogens is 1. The van der Waals surface area contributed by atoms with E-state index in [4.69, 9.17) is 4.74 Å². The molecule has 0 unspecified atom stereocenters. The number of aromatic nitrogens is 4. The molecule has 0 saturated carbocycles. The van der Waals surface area contributed by atoms with Crippen LogP contribution in [0.5, 0.6) is 0 Å². The average molecular weight is 369 g/mol. The Morgan fingerprint density at radius 1 is 1.62 bits per heavy atom. The highest BCUT2D eigenvalue weighted by atomic mass is 19.1. The number of aliphatic hydroxyl groups excluding tert-OH is 2. The molecule has 10 nitrogen and oxygen atoms in total. The van der Waals surface area contributed by atoms with E-state index in [1.165, 1.54) is 10.9 Å². The van der Waals surface area contributed by atoms with Gasteiger partial charge >= 0.3 is 0 Å². The molecule has 0 radical (unpaired) electrons. The quantitative estimate of drug-likeness (QED) is 0.566. The first-order chi connectivity index (χ1) is 12.3. The summed E-state index contributed by atoms with van der Waals surface area (Å²) in [6.07, 6.45) is -0.842. The summed E-state index contributed by atoms with van der Waals surface area (Å²) in [5.41, 5.74) is -2.17. The van der Waals surface area contributed by atoms with Gasteiger partial charge in [-0.15, -0.1) is 0 Å². The highest BCUT2D eigenvalue weighted by Gasteiger charge is 2.49. The first-order valence-corrected chi connectivity index (χ1v) is 8.11. The van der Waals surface area contributed by atoms with E-state index < -0.39 is 36.8 Å². The van der Waals surface area contributed by atoms with Crippen LogP contribution in [0.25, 0.3) is 11.2 Å². The molecule has 3 rings (SSSR count). The highest BCUT2D eigenvalue weighted by Crippen LogP contribution is 2.37. The number of H-pyrrole nitrogens is 1. The maximum absolute atomic E-state index is 13.3. The molecule has 2 aromatic rings. The van der Waals surface area contributed by atoms with Gasteiger partial charge in [0.15, 0.2) is 11.2 Å². The first-order valence-electron chi connectivity index (χ1n) is 8.11. The minimum Gasteiger partial charge on any atom is -0.393 e. The Bertz CT molecular complexity index is 875.